The molecule has 122 valence electrons. The summed E-state index contributed by atoms with van der Waals surface area (Å²) in [4.78, 5) is 22.8. The molecule has 3 rings (SSSR count). The topological polar surface area (TPSA) is 92.9 Å². The molecule has 1 saturated heterocycles. The zero-order valence-electron chi connectivity index (χ0n) is 12.4. The number of carbonyl (C=O) groups is 1. The van der Waals surface area contributed by atoms with E-state index in [0.29, 0.717) is 24.8 Å². The highest BCUT2D eigenvalue weighted by Crippen LogP contribution is 2.43. The summed E-state index contributed by atoms with van der Waals surface area (Å²) in [6, 6.07) is 1.87. The summed E-state index contributed by atoms with van der Waals surface area (Å²) < 4.78 is 19.7. The third-order valence-corrected chi connectivity index (χ3v) is 4.44. The van der Waals surface area contributed by atoms with Crippen LogP contribution in [0.5, 0.6) is 5.75 Å². The van der Waals surface area contributed by atoms with Gasteiger partial charge in [-0.3, -0.25) is 15.0 Å². The van der Waals surface area contributed by atoms with Crippen LogP contribution in [0, 0.1) is 15.9 Å². The Balaban J connectivity index is 2.09. The maximum atomic E-state index is 14.6. The molecule has 1 fully saturated rings. The summed E-state index contributed by atoms with van der Waals surface area (Å²) in [5.74, 6) is -0.730. The van der Waals surface area contributed by atoms with Crippen molar-refractivity contribution in [2.24, 2.45) is 0 Å². The van der Waals surface area contributed by atoms with E-state index < -0.39 is 22.5 Å². The number of halogens is 1. The van der Waals surface area contributed by atoms with Gasteiger partial charge in [0.25, 0.3) is 0 Å². The number of amides is 1. The van der Waals surface area contributed by atoms with Crippen molar-refractivity contribution in [1.29, 1.82) is 0 Å². The second kappa shape index (κ2) is 5.53. The number of rotatable bonds is 3. The molecule has 2 heterocycles. The van der Waals surface area contributed by atoms with Crippen molar-refractivity contribution in [3.05, 3.63) is 39.7 Å². The number of methoxy groups -OCH3 is 1. The second-order valence-corrected chi connectivity index (χ2v) is 5.62. The molecule has 2 unspecified atom stereocenters. The molecule has 2 atom stereocenters. The number of hydrogen-bond acceptors (Lipinski definition) is 4. The molecule has 1 N–H and O–H groups in total. The van der Waals surface area contributed by atoms with Gasteiger partial charge in [-0.05, 0) is 30.9 Å². The van der Waals surface area contributed by atoms with Gasteiger partial charge in [-0.15, -0.1) is 0 Å². The van der Waals surface area contributed by atoms with Crippen LogP contribution in [0.1, 0.15) is 24.8 Å². The third kappa shape index (κ3) is 2.39. The van der Waals surface area contributed by atoms with Gasteiger partial charge in [0.15, 0.2) is 0 Å². The van der Waals surface area contributed by atoms with Crippen LogP contribution in [-0.4, -0.2) is 40.2 Å². The minimum Gasteiger partial charge on any atom is -0.496 e. The van der Waals surface area contributed by atoms with Crippen molar-refractivity contribution in [3.63, 3.8) is 0 Å². The van der Waals surface area contributed by atoms with E-state index in [9.17, 15) is 24.4 Å². The number of carboxylic acid groups (broad SMARTS) is 1. The Bertz CT molecular complexity index is 718. The van der Waals surface area contributed by atoms with Crippen LogP contribution in [-0.2, 0) is 0 Å². The Morgan fingerprint density at radius 1 is 1.48 bits per heavy atom. The van der Waals surface area contributed by atoms with Crippen molar-refractivity contribution >= 4 is 17.4 Å². The number of benzene rings is 1. The van der Waals surface area contributed by atoms with E-state index in [1.807, 2.05) is 0 Å². The molecule has 23 heavy (non-hydrogen) atoms. The van der Waals surface area contributed by atoms with Crippen LogP contribution in [0.3, 0.4) is 0 Å². The molecule has 8 heteroatoms. The van der Waals surface area contributed by atoms with E-state index in [0.717, 1.165) is 6.07 Å². The highest BCUT2D eigenvalue weighted by molar-refractivity contribution is 5.77. The van der Waals surface area contributed by atoms with E-state index in [4.69, 9.17) is 4.74 Å². The molecule has 7 nitrogen and oxygen atoms in total. The SMILES string of the molecule is COc1ccc([N+](=O)[O-])c(F)c1C1=CC2CCC(C1)N2C(=O)O. The molecule has 0 spiro atoms. The van der Waals surface area contributed by atoms with E-state index in [1.54, 1.807) is 6.08 Å². The van der Waals surface area contributed by atoms with Crippen LogP contribution in [0.15, 0.2) is 18.2 Å². The highest BCUT2D eigenvalue weighted by atomic mass is 19.1. The molecule has 0 radical (unpaired) electrons. The van der Waals surface area contributed by atoms with Crippen LogP contribution in [0.25, 0.3) is 5.57 Å². The quantitative estimate of drug-likeness (QED) is 0.682. The third-order valence-electron chi connectivity index (χ3n) is 4.44. The molecule has 2 bridgehead atoms. The van der Waals surface area contributed by atoms with Crippen molar-refractivity contribution in [3.8, 4) is 5.75 Å². The first-order chi connectivity index (χ1) is 10.9. The van der Waals surface area contributed by atoms with Crippen molar-refractivity contribution in [2.75, 3.05) is 7.11 Å². The number of nitro groups is 1. The molecular weight excluding hydrogens is 307 g/mol. The monoisotopic (exact) mass is 322 g/mol. The zero-order valence-corrected chi connectivity index (χ0v) is 12.4. The average Bonchev–Trinajstić information content (AvgIpc) is 2.77. The number of nitro benzene ring substituents is 1. The molecular formula is C15H15FN2O5. The number of nitrogens with zero attached hydrogens (tertiary/aromatic N) is 2. The molecule has 0 aromatic heterocycles. The van der Waals surface area contributed by atoms with Crippen LogP contribution in [0.2, 0.25) is 0 Å². The number of ether oxygens (including phenoxy) is 1. The van der Waals surface area contributed by atoms with Crippen LogP contribution in [0.4, 0.5) is 14.9 Å². The van der Waals surface area contributed by atoms with Gasteiger partial charge in [0.1, 0.15) is 5.75 Å². The Morgan fingerprint density at radius 3 is 2.78 bits per heavy atom. The van der Waals surface area contributed by atoms with E-state index in [-0.39, 0.29) is 23.4 Å². The predicted octanol–water partition coefficient (Wildman–Crippen LogP) is 3.04. The first-order valence-corrected chi connectivity index (χ1v) is 7.17. The molecule has 2 aliphatic heterocycles. The standard InChI is InChI=1S/C15H15FN2O5/c1-23-12-5-4-11(18(21)22)14(16)13(12)8-6-9-2-3-10(7-8)17(9)15(19)20/h4-6,9-10H,2-3,7H2,1H3,(H,19,20). The van der Waals surface area contributed by atoms with E-state index >= 15 is 0 Å². The summed E-state index contributed by atoms with van der Waals surface area (Å²) >= 11 is 0. The van der Waals surface area contributed by atoms with Gasteiger partial charge in [-0.2, -0.15) is 4.39 Å². The van der Waals surface area contributed by atoms with Gasteiger partial charge in [-0.25, -0.2) is 4.79 Å². The van der Waals surface area contributed by atoms with Crippen molar-refractivity contribution in [1.82, 2.24) is 4.90 Å². The first-order valence-electron chi connectivity index (χ1n) is 7.17. The first kappa shape index (κ1) is 15.3. The lowest BCUT2D eigenvalue weighted by atomic mass is 9.93. The van der Waals surface area contributed by atoms with E-state index in [1.165, 1.54) is 18.1 Å². The molecule has 1 aromatic rings. The maximum absolute atomic E-state index is 14.6. The molecule has 0 aliphatic carbocycles. The summed E-state index contributed by atoms with van der Waals surface area (Å²) in [7, 11) is 1.37. The smallest absolute Gasteiger partial charge is 0.408 e. The number of fused-ring (bicyclic) bond motifs is 2. The Labute approximate surface area is 131 Å². The largest absolute Gasteiger partial charge is 0.496 e. The molecule has 0 saturated carbocycles. The zero-order chi connectivity index (χ0) is 16.7. The van der Waals surface area contributed by atoms with Gasteiger partial charge in [0.05, 0.1) is 23.6 Å². The maximum Gasteiger partial charge on any atom is 0.408 e. The minimum absolute atomic E-state index is 0.0589. The van der Waals surface area contributed by atoms with E-state index in [2.05, 4.69) is 0 Å². The van der Waals surface area contributed by atoms with Gasteiger partial charge in [0, 0.05) is 12.1 Å². The summed E-state index contributed by atoms with van der Waals surface area (Å²) in [6.45, 7) is 0. The average molecular weight is 322 g/mol. The van der Waals surface area contributed by atoms with Crippen LogP contribution >= 0.6 is 0 Å². The van der Waals surface area contributed by atoms with Gasteiger partial charge in [0.2, 0.25) is 5.82 Å². The predicted molar refractivity (Wildman–Crippen MR) is 78.9 cm³/mol. The Kier molecular flexibility index (Phi) is 3.67. The minimum atomic E-state index is -1.00. The van der Waals surface area contributed by atoms with Gasteiger partial charge >= 0.3 is 11.8 Å². The van der Waals surface area contributed by atoms with Crippen molar-refractivity contribution < 1.29 is 24.0 Å². The fourth-order valence-electron chi connectivity index (χ4n) is 3.47. The lowest BCUT2D eigenvalue weighted by Gasteiger charge is -2.32. The van der Waals surface area contributed by atoms with Gasteiger partial charge in [-0.1, -0.05) is 6.08 Å². The number of hydrogen-bond donors (Lipinski definition) is 1. The Hall–Kier alpha value is -2.64. The normalized spacial score (nSPS) is 22.7. The summed E-state index contributed by atoms with van der Waals surface area (Å²) in [6.07, 6.45) is 2.36. The molecule has 2 aliphatic rings. The van der Waals surface area contributed by atoms with Gasteiger partial charge < -0.3 is 9.84 Å². The fraction of sp³-hybridized carbons (Fsp3) is 0.400. The highest BCUT2D eigenvalue weighted by Gasteiger charge is 2.41. The van der Waals surface area contributed by atoms with Crippen molar-refractivity contribution in [2.45, 2.75) is 31.3 Å². The lowest BCUT2D eigenvalue weighted by Crippen LogP contribution is -2.42. The van der Waals surface area contributed by atoms with Crippen LogP contribution < -0.4 is 4.74 Å². The molecule has 1 amide bonds. The second-order valence-electron chi connectivity index (χ2n) is 5.62. The summed E-state index contributed by atoms with van der Waals surface area (Å²) in [5, 5.41) is 20.2. The summed E-state index contributed by atoms with van der Waals surface area (Å²) in [5.41, 5.74) is 0.00593. The Morgan fingerprint density at radius 2 is 2.22 bits per heavy atom. The lowest BCUT2D eigenvalue weighted by molar-refractivity contribution is -0.387. The fourth-order valence-corrected chi connectivity index (χ4v) is 3.47. The molecule has 1 aromatic carbocycles.